The maximum atomic E-state index is 11.4. The van der Waals surface area contributed by atoms with Crippen LogP contribution in [0.5, 0.6) is 11.5 Å². The molecule has 0 fully saturated rings. The molecule has 1 aromatic rings. The fraction of sp³-hybridized carbons (Fsp3) is 0.385. The molecule has 0 saturated carbocycles. The lowest BCUT2D eigenvalue weighted by Crippen LogP contribution is -2.33. The quantitative estimate of drug-likeness (QED) is 0.729. The summed E-state index contributed by atoms with van der Waals surface area (Å²) >= 11 is 0. The fourth-order valence-electron chi connectivity index (χ4n) is 1.76. The van der Waals surface area contributed by atoms with Gasteiger partial charge in [-0.15, -0.1) is 0 Å². The Kier molecular flexibility index (Phi) is 5.33. The number of methoxy groups -OCH3 is 3. The maximum Gasteiger partial charge on any atom is 0.335 e. The van der Waals surface area contributed by atoms with E-state index in [4.69, 9.17) is 20.3 Å². The van der Waals surface area contributed by atoms with Crippen LogP contribution >= 0.6 is 0 Å². The summed E-state index contributed by atoms with van der Waals surface area (Å²) in [5, 5.41) is 9.01. The minimum atomic E-state index is -1.11. The summed E-state index contributed by atoms with van der Waals surface area (Å²) in [6.07, 6.45) is 0.110. The van der Waals surface area contributed by atoms with Crippen molar-refractivity contribution in [2.45, 2.75) is 12.5 Å². The third-order valence-corrected chi connectivity index (χ3v) is 2.78. The first kappa shape index (κ1) is 15.8. The number of hydrogen-bond acceptors (Lipinski definition) is 6. The third kappa shape index (κ3) is 3.39. The lowest BCUT2D eigenvalue weighted by Gasteiger charge is -2.16. The van der Waals surface area contributed by atoms with Crippen LogP contribution in [0.3, 0.4) is 0 Å². The number of rotatable bonds is 6. The lowest BCUT2D eigenvalue weighted by atomic mass is 10.0. The zero-order chi connectivity index (χ0) is 15.3. The number of carbonyl (C=O) groups is 2. The number of aromatic carboxylic acids is 1. The van der Waals surface area contributed by atoms with Crippen LogP contribution in [-0.2, 0) is 16.0 Å². The first-order valence-electron chi connectivity index (χ1n) is 5.76. The Bertz CT molecular complexity index is 489. The van der Waals surface area contributed by atoms with E-state index in [0.717, 1.165) is 0 Å². The molecule has 7 nitrogen and oxygen atoms in total. The first-order valence-corrected chi connectivity index (χ1v) is 5.76. The Morgan fingerprint density at radius 2 is 1.70 bits per heavy atom. The van der Waals surface area contributed by atoms with Gasteiger partial charge in [0, 0.05) is 12.0 Å². The van der Waals surface area contributed by atoms with Gasteiger partial charge in [0.25, 0.3) is 0 Å². The van der Waals surface area contributed by atoms with Crippen LogP contribution in [0.4, 0.5) is 0 Å². The Morgan fingerprint density at radius 1 is 1.20 bits per heavy atom. The van der Waals surface area contributed by atoms with Crippen molar-refractivity contribution in [2.75, 3.05) is 21.3 Å². The number of carbonyl (C=O) groups excluding carboxylic acids is 1. The summed E-state index contributed by atoms with van der Waals surface area (Å²) < 4.78 is 14.8. The minimum Gasteiger partial charge on any atom is -0.496 e. The molecule has 0 radical (unpaired) electrons. The van der Waals surface area contributed by atoms with E-state index in [1.54, 1.807) is 0 Å². The lowest BCUT2D eigenvalue weighted by molar-refractivity contribution is -0.142. The van der Waals surface area contributed by atoms with Gasteiger partial charge < -0.3 is 25.1 Å². The molecule has 0 aliphatic rings. The predicted molar refractivity (Wildman–Crippen MR) is 70.2 cm³/mol. The summed E-state index contributed by atoms with van der Waals surface area (Å²) in [6.45, 7) is 0. The first-order chi connectivity index (χ1) is 9.44. The molecule has 0 spiro atoms. The number of benzene rings is 1. The average molecular weight is 283 g/mol. The van der Waals surface area contributed by atoms with Crippen LogP contribution in [0.1, 0.15) is 15.9 Å². The number of carboxylic acid groups (broad SMARTS) is 1. The van der Waals surface area contributed by atoms with E-state index in [1.165, 1.54) is 33.5 Å². The van der Waals surface area contributed by atoms with Crippen LogP contribution in [-0.4, -0.2) is 44.4 Å². The van der Waals surface area contributed by atoms with E-state index in [9.17, 15) is 9.59 Å². The van der Waals surface area contributed by atoms with E-state index in [1.807, 2.05) is 0 Å². The molecule has 110 valence electrons. The second-order valence-corrected chi connectivity index (χ2v) is 4.00. The van der Waals surface area contributed by atoms with Crippen LogP contribution in [0, 0.1) is 0 Å². The average Bonchev–Trinajstić information content (AvgIpc) is 2.45. The molecule has 0 amide bonds. The van der Waals surface area contributed by atoms with Crippen molar-refractivity contribution in [2.24, 2.45) is 5.73 Å². The van der Waals surface area contributed by atoms with Gasteiger partial charge in [-0.25, -0.2) is 4.79 Å². The monoisotopic (exact) mass is 283 g/mol. The minimum absolute atomic E-state index is 0.0223. The zero-order valence-electron chi connectivity index (χ0n) is 11.5. The van der Waals surface area contributed by atoms with Gasteiger partial charge in [0.2, 0.25) is 0 Å². The Hall–Kier alpha value is -2.28. The molecule has 0 aliphatic heterocycles. The molecule has 1 atom stereocenters. The number of esters is 1. The number of carboxylic acids is 1. The summed E-state index contributed by atoms with van der Waals surface area (Å²) in [4.78, 5) is 22.4. The van der Waals surface area contributed by atoms with E-state index in [2.05, 4.69) is 4.74 Å². The Labute approximate surface area is 116 Å². The van der Waals surface area contributed by atoms with E-state index in [0.29, 0.717) is 17.1 Å². The largest absolute Gasteiger partial charge is 0.496 e. The third-order valence-electron chi connectivity index (χ3n) is 2.78. The molecule has 1 rings (SSSR count). The molecule has 3 N–H and O–H groups in total. The van der Waals surface area contributed by atoms with Crippen LogP contribution in [0.15, 0.2) is 12.1 Å². The zero-order valence-corrected chi connectivity index (χ0v) is 11.5. The van der Waals surface area contributed by atoms with Crippen molar-refractivity contribution in [3.63, 3.8) is 0 Å². The number of ether oxygens (including phenoxy) is 3. The highest BCUT2D eigenvalue weighted by atomic mass is 16.5. The van der Waals surface area contributed by atoms with Gasteiger partial charge >= 0.3 is 11.9 Å². The van der Waals surface area contributed by atoms with Crippen molar-refractivity contribution >= 4 is 11.9 Å². The molecule has 0 unspecified atom stereocenters. The van der Waals surface area contributed by atoms with Gasteiger partial charge in [-0.2, -0.15) is 0 Å². The molecule has 0 heterocycles. The van der Waals surface area contributed by atoms with Gasteiger partial charge in [-0.05, 0) is 12.1 Å². The molecule has 0 aliphatic carbocycles. The molecule has 0 saturated heterocycles. The maximum absolute atomic E-state index is 11.4. The molecule has 1 aromatic carbocycles. The molecule has 0 aromatic heterocycles. The predicted octanol–water partition coefficient (Wildman–Crippen LogP) is 0.445. The highest BCUT2D eigenvalue weighted by Gasteiger charge is 2.22. The fourth-order valence-corrected chi connectivity index (χ4v) is 1.76. The number of hydrogen-bond donors (Lipinski definition) is 2. The van der Waals surface area contributed by atoms with Crippen LogP contribution in [0.2, 0.25) is 0 Å². The van der Waals surface area contributed by atoms with Crippen molar-refractivity contribution < 1.29 is 28.9 Å². The Balaban J connectivity index is 3.23. The molecular formula is C13H17NO6. The van der Waals surface area contributed by atoms with Crippen molar-refractivity contribution in [3.05, 3.63) is 23.3 Å². The van der Waals surface area contributed by atoms with E-state index >= 15 is 0 Å². The standard InChI is InChI=1S/C13H17NO6/c1-18-10-4-7(12(15)16)5-11(19-2)8(10)6-9(14)13(17)20-3/h4-5,9H,6,14H2,1-3H3,(H,15,16)/t9-/m1/s1. The van der Waals surface area contributed by atoms with Crippen molar-refractivity contribution in [1.82, 2.24) is 0 Å². The molecule has 7 heteroatoms. The van der Waals surface area contributed by atoms with Crippen LogP contribution in [0.25, 0.3) is 0 Å². The summed E-state index contributed by atoms with van der Waals surface area (Å²) in [5.74, 6) is -1.09. The van der Waals surface area contributed by atoms with Gasteiger partial charge in [0.05, 0.1) is 26.9 Å². The molecule has 0 bridgehead atoms. The SMILES string of the molecule is COC(=O)[C@H](N)Cc1c(OC)cc(C(=O)O)cc1OC. The second kappa shape index (κ2) is 6.76. The summed E-state index contributed by atoms with van der Waals surface area (Å²) in [7, 11) is 4.03. The van der Waals surface area contributed by atoms with Gasteiger partial charge in [0.1, 0.15) is 17.5 Å². The topological polar surface area (TPSA) is 108 Å². The molecular weight excluding hydrogens is 266 g/mol. The normalized spacial score (nSPS) is 11.6. The molecule has 20 heavy (non-hydrogen) atoms. The Morgan fingerprint density at radius 3 is 2.05 bits per heavy atom. The van der Waals surface area contributed by atoms with Crippen molar-refractivity contribution in [1.29, 1.82) is 0 Å². The highest BCUT2D eigenvalue weighted by molar-refractivity contribution is 5.89. The smallest absolute Gasteiger partial charge is 0.335 e. The van der Waals surface area contributed by atoms with Crippen molar-refractivity contribution in [3.8, 4) is 11.5 Å². The number of nitrogens with two attached hydrogens (primary N) is 1. The van der Waals surface area contributed by atoms with Gasteiger partial charge in [-0.3, -0.25) is 4.79 Å². The van der Waals surface area contributed by atoms with Gasteiger partial charge in [0.15, 0.2) is 0 Å². The van der Waals surface area contributed by atoms with E-state index in [-0.39, 0.29) is 12.0 Å². The second-order valence-electron chi connectivity index (χ2n) is 4.00. The van der Waals surface area contributed by atoms with Crippen LogP contribution < -0.4 is 15.2 Å². The van der Waals surface area contributed by atoms with E-state index < -0.39 is 18.0 Å². The summed E-state index contributed by atoms with van der Waals surface area (Å²) in [5.41, 5.74) is 6.24. The van der Waals surface area contributed by atoms with Gasteiger partial charge in [-0.1, -0.05) is 0 Å². The summed E-state index contributed by atoms with van der Waals surface area (Å²) in [6, 6.07) is 1.81. The highest BCUT2D eigenvalue weighted by Crippen LogP contribution is 2.31.